The molecule has 1 aromatic carbocycles. The van der Waals surface area contributed by atoms with Gasteiger partial charge in [-0.15, -0.1) is 11.3 Å². The van der Waals surface area contributed by atoms with Gasteiger partial charge in [0.25, 0.3) is 5.91 Å². The lowest BCUT2D eigenvalue weighted by Crippen LogP contribution is -2.61. The van der Waals surface area contributed by atoms with Crippen LogP contribution in [0.15, 0.2) is 34.1 Å². The number of furan rings is 1. The lowest BCUT2D eigenvalue weighted by atomic mass is 9.80. The van der Waals surface area contributed by atoms with Gasteiger partial charge in [-0.2, -0.15) is 5.26 Å². The number of thiazole rings is 1. The number of carbonyl (C=O) groups excluding carboxylic acids is 2. The van der Waals surface area contributed by atoms with Crippen LogP contribution in [-0.4, -0.2) is 55.1 Å². The fourth-order valence-corrected chi connectivity index (χ4v) is 8.27. The minimum absolute atomic E-state index is 0.0969. The molecule has 3 heterocycles. The number of amides is 2. The topological polar surface area (TPSA) is 154 Å². The van der Waals surface area contributed by atoms with Crippen molar-refractivity contribution < 1.29 is 22.4 Å². The molecule has 3 aromatic rings. The van der Waals surface area contributed by atoms with Crippen molar-refractivity contribution in [3.05, 3.63) is 40.4 Å². The van der Waals surface area contributed by atoms with Gasteiger partial charge >= 0.3 is 0 Å². The minimum Gasteiger partial charge on any atom is -0.451 e. The summed E-state index contributed by atoms with van der Waals surface area (Å²) >= 11 is 1.32. The van der Waals surface area contributed by atoms with E-state index in [-0.39, 0.29) is 17.4 Å². The third-order valence-corrected chi connectivity index (χ3v) is 11.1. The monoisotopic (exact) mass is 567 g/mol. The predicted molar refractivity (Wildman–Crippen MR) is 146 cm³/mol. The Kier molecular flexibility index (Phi) is 6.48. The molecule has 39 heavy (non-hydrogen) atoms. The van der Waals surface area contributed by atoms with E-state index in [0.29, 0.717) is 60.4 Å². The number of aromatic nitrogens is 1. The van der Waals surface area contributed by atoms with E-state index in [2.05, 4.69) is 27.0 Å². The van der Waals surface area contributed by atoms with Crippen LogP contribution in [0.1, 0.15) is 65.8 Å². The smallest absolute Gasteiger partial charge is 0.287 e. The van der Waals surface area contributed by atoms with Gasteiger partial charge in [0.1, 0.15) is 26.9 Å². The molecule has 1 saturated heterocycles. The molecular weight excluding hydrogens is 538 g/mol. The summed E-state index contributed by atoms with van der Waals surface area (Å²) in [6, 6.07) is 9.27. The first-order valence-electron chi connectivity index (χ1n) is 13.2. The molecule has 1 atom stereocenters. The Hall–Kier alpha value is -3.27. The number of sulfone groups is 1. The summed E-state index contributed by atoms with van der Waals surface area (Å²) in [5.41, 5.74) is 0.0800. The molecule has 3 fully saturated rings. The maximum absolute atomic E-state index is 13.3. The standard InChI is InChI=1S/C27H29N5O5S2/c28-16-26(8-9-26)32-25(34)27(6-2-1-3-7-27)31-23(33)21-13-18-12-17(4-5-20(18)37-21)19-15-38-24(30-19)22-14-29-10-11-39(22,35)36/h4-5,12-13,15,22,29H,1-3,6-11,14H2,(H,31,33)(H,32,34). The van der Waals surface area contributed by atoms with Gasteiger partial charge in [0.2, 0.25) is 5.91 Å². The fourth-order valence-electron chi connectivity index (χ4n) is 5.41. The first kappa shape index (κ1) is 26.0. The van der Waals surface area contributed by atoms with E-state index >= 15 is 0 Å². The van der Waals surface area contributed by atoms with Gasteiger partial charge in [0.15, 0.2) is 15.6 Å². The maximum Gasteiger partial charge on any atom is 0.287 e. The highest BCUT2D eigenvalue weighted by Gasteiger charge is 2.50. The Bertz CT molecular complexity index is 1590. The van der Waals surface area contributed by atoms with Crippen LogP contribution in [-0.2, 0) is 14.6 Å². The Morgan fingerprint density at radius 1 is 1.13 bits per heavy atom. The number of hydrogen-bond acceptors (Lipinski definition) is 9. The number of benzene rings is 1. The van der Waals surface area contributed by atoms with Crippen molar-refractivity contribution in [1.29, 1.82) is 5.26 Å². The third kappa shape index (κ3) is 4.95. The average Bonchev–Trinajstić information content (AvgIpc) is 3.32. The van der Waals surface area contributed by atoms with Crippen molar-refractivity contribution in [2.24, 2.45) is 0 Å². The van der Waals surface area contributed by atoms with Crippen LogP contribution in [0, 0.1) is 11.3 Å². The molecule has 1 unspecified atom stereocenters. The van der Waals surface area contributed by atoms with Crippen molar-refractivity contribution in [2.45, 2.75) is 61.3 Å². The SMILES string of the molecule is N#CC1(NC(=O)C2(NC(=O)c3cc4cc(-c5csc(C6CNCCS6(=O)=O)n5)ccc4o3)CCCCC2)CC1. The molecule has 3 N–H and O–H groups in total. The summed E-state index contributed by atoms with van der Waals surface area (Å²) in [4.78, 5) is 31.2. The Morgan fingerprint density at radius 2 is 1.92 bits per heavy atom. The number of fused-ring (bicyclic) bond motifs is 1. The van der Waals surface area contributed by atoms with Crippen molar-refractivity contribution in [2.75, 3.05) is 18.8 Å². The van der Waals surface area contributed by atoms with Gasteiger partial charge in [-0.05, 0) is 49.9 Å². The second kappa shape index (κ2) is 9.73. The summed E-state index contributed by atoms with van der Waals surface area (Å²) in [5, 5.41) is 20.8. The van der Waals surface area contributed by atoms with Gasteiger partial charge < -0.3 is 20.4 Å². The van der Waals surface area contributed by atoms with E-state index in [1.54, 1.807) is 12.1 Å². The first-order chi connectivity index (χ1) is 18.7. The highest BCUT2D eigenvalue weighted by molar-refractivity contribution is 7.91. The quantitative estimate of drug-likeness (QED) is 0.410. The molecule has 0 spiro atoms. The fraction of sp³-hybridized carbons (Fsp3) is 0.481. The Morgan fingerprint density at radius 3 is 2.64 bits per heavy atom. The molecule has 1 aliphatic heterocycles. The lowest BCUT2D eigenvalue weighted by Gasteiger charge is -2.37. The summed E-state index contributed by atoms with van der Waals surface area (Å²) in [6.45, 7) is 0.808. The molecule has 2 aliphatic carbocycles. The molecule has 0 radical (unpaired) electrons. The normalized spacial score (nSPS) is 23.0. The van der Waals surface area contributed by atoms with Crippen molar-refractivity contribution in [1.82, 2.24) is 20.9 Å². The number of nitrogens with one attached hydrogen (secondary N) is 3. The van der Waals surface area contributed by atoms with Crippen LogP contribution in [0.4, 0.5) is 0 Å². The molecule has 12 heteroatoms. The molecule has 6 rings (SSSR count). The van der Waals surface area contributed by atoms with Gasteiger partial charge in [-0.1, -0.05) is 19.3 Å². The summed E-state index contributed by atoms with van der Waals surface area (Å²) < 4.78 is 30.8. The van der Waals surface area contributed by atoms with Crippen LogP contribution in [0.25, 0.3) is 22.2 Å². The molecule has 10 nitrogen and oxygen atoms in total. The number of nitrogens with zero attached hydrogens (tertiary/aromatic N) is 2. The highest BCUT2D eigenvalue weighted by Crippen LogP contribution is 2.37. The Balaban J connectivity index is 1.22. The van der Waals surface area contributed by atoms with Crippen LogP contribution < -0.4 is 16.0 Å². The average molecular weight is 568 g/mol. The number of nitriles is 1. The van der Waals surface area contributed by atoms with E-state index in [4.69, 9.17) is 4.42 Å². The van der Waals surface area contributed by atoms with Gasteiger partial charge in [0.05, 0.1) is 17.5 Å². The van der Waals surface area contributed by atoms with Gasteiger partial charge in [-0.25, -0.2) is 13.4 Å². The molecular formula is C27H29N5O5S2. The second-order valence-electron chi connectivity index (χ2n) is 10.7. The number of carbonyl (C=O) groups is 2. The first-order valence-corrected chi connectivity index (χ1v) is 15.8. The zero-order valence-electron chi connectivity index (χ0n) is 21.3. The number of rotatable bonds is 6. The molecule has 204 valence electrons. The second-order valence-corrected chi connectivity index (χ2v) is 13.9. The third-order valence-electron chi connectivity index (χ3n) is 7.97. The van der Waals surface area contributed by atoms with E-state index in [1.807, 2.05) is 17.5 Å². The zero-order chi connectivity index (χ0) is 27.3. The van der Waals surface area contributed by atoms with Crippen molar-refractivity contribution >= 4 is 44.0 Å². The summed E-state index contributed by atoms with van der Waals surface area (Å²) in [6.07, 6.45) is 4.88. The van der Waals surface area contributed by atoms with Crippen molar-refractivity contribution in [3.8, 4) is 17.3 Å². The van der Waals surface area contributed by atoms with Gasteiger partial charge in [-0.3, -0.25) is 9.59 Å². The predicted octanol–water partition coefficient (Wildman–Crippen LogP) is 3.22. The molecule has 2 aromatic heterocycles. The van der Waals surface area contributed by atoms with Gasteiger partial charge in [0, 0.05) is 29.4 Å². The maximum atomic E-state index is 13.3. The molecule has 0 bridgehead atoms. The van der Waals surface area contributed by atoms with E-state index in [9.17, 15) is 23.3 Å². The molecule has 3 aliphatic rings. The number of hydrogen-bond donors (Lipinski definition) is 3. The van der Waals surface area contributed by atoms with Crippen LogP contribution in [0.5, 0.6) is 0 Å². The van der Waals surface area contributed by atoms with E-state index in [1.165, 1.54) is 11.3 Å². The largest absolute Gasteiger partial charge is 0.451 e. The lowest BCUT2D eigenvalue weighted by molar-refractivity contribution is -0.129. The van der Waals surface area contributed by atoms with Crippen LogP contribution in [0.2, 0.25) is 0 Å². The van der Waals surface area contributed by atoms with E-state index in [0.717, 1.165) is 24.8 Å². The summed E-state index contributed by atoms with van der Waals surface area (Å²) in [7, 11) is -3.24. The van der Waals surface area contributed by atoms with Crippen LogP contribution in [0.3, 0.4) is 0 Å². The molecule has 2 saturated carbocycles. The van der Waals surface area contributed by atoms with Crippen LogP contribution >= 0.6 is 11.3 Å². The highest BCUT2D eigenvalue weighted by atomic mass is 32.2. The Labute approximate surface area is 230 Å². The molecule has 2 amide bonds. The summed E-state index contributed by atoms with van der Waals surface area (Å²) in [5.74, 6) is -0.583. The zero-order valence-corrected chi connectivity index (χ0v) is 22.9. The van der Waals surface area contributed by atoms with Crippen molar-refractivity contribution in [3.63, 3.8) is 0 Å². The minimum atomic E-state index is -3.24. The van der Waals surface area contributed by atoms with E-state index < -0.39 is 32.1 Å².